The van der Waals surface area contributed by atoms with Gasteiger partial charge in [0.15, 0.2) is 0 Å². The molecule has 2 bridgehead atoms. The summed E-state index contributed by atoms with van der Waals surface area (Å²) < 4.78 is 27.0. The van der Waals surface area contributed by atoms with Crippen molar-refractivity contribution in [2.75, 3.05) is 13.1 Å². The first-order chi connectivity index (χ1) is 13.4. The molecule has 2 saturated carbocycles. The predicted molar refractivity (Wildman–Crippen MR) is 109 cm³/mol. The van der Waals surface area contributed by atoms with E-state index in [0.29, 0.717) is 30.3 Å². The van der Waals surface area contributed by atoms with Crippen molar-refractivity contribution in [1.29, 1.82) is 0 Å². The number of benzene rings is 1. The molecule has 1 aromatic carbocycles. The van der Waals surface area contributed by atoms with E-state index < -0.39 is 10.0 Å². The summed E-state index contributed by atoms with van der Waals surface area (Å²) in [6, 6.07) is 7.07. The van der Waals surface area contributed by atoms with Crippen LogP contribution in [0.15, 0.2) is 29.2 Å². The van der Waals surface area contributed by atoms with Gasteiger partial charge in [-0.2, -0.15) is 4.31 Å². The lowest BCUT2D eigenvalue weighted by atomic mass is 9.84. The molecule has 1 amide bonds. The van der Waals surface area contributed by atoms with Crippen molar-refractivity contribution < 1.29 is 13.2 Å². The first kappa shape index (κ1) is 19.9. The molecular weight excluding hydrogens is 372 g/mol. The molecule has 1 aromatic rings. The smallest absolute Gasteiger partial charge is 0.243 e. The number of sulfonamides is 1. The average molecular weight is 405 g/mol. The van der Waals surface area contributed by atoms with Gasteiger partial charge in [0.1, 0.15) is 0 Å². The van der Waals surface area contributed by atoms with E-state index in [9.17, 15) is 13.2 Å². The van der Waals surface area contributed by atoms with Crippen LogP contribution < -0.4 is 5.32 Å². The molecule has 3 aliphatic rings. The molecule has 4 atom stereocenters. The van der Waals surface area contributed by atoms with Gasteiger partial charge in [0.25, 0.3) is 0 Å². The number of piperidine rings is 1. The van der Waals surface area contributed by atoms with E-state index in [1.807, 2.05) is 0 Å². The lowest BCUT2D eigenvalue weighted by Gasteiger charge is -2.28. The van der Waals surface area contributed by atoms with Crippen LogP contribution in [-0.4, -0.2) is 37.8 Å². The van der Waals surface area contributed by atoms with Crippen LogP contribution in [0.5, 0.6) is 0 Å². The summed E-state index contributed by atoms with van der Waals surface area (Å²) in [7, 11) is -3.41. The molecule has 0 radical (unpaired) electrons. The van der Waals surface area contributed by atoms with Crippen molar-refractivity contribution in [3.05, 3.63) is 29.8 Å². The van der Waals surface area contributed by atoms with Crippen LogP contribution in [0.25, 0.3) is 0 Å². The third-order valence-corrected chi connectivity index (χ3v) is 8.98. The van der Waals surface area contributed by atoms with Crippen molar-refractivity contribution in [3.8, 4) is 0 Å². The van der Waals surface area contributed by atoms with Crippen LogP contribution in [0.2, 0.25) is 0 Å². The minimum absolute atomic E-state index is 0.0295. The van der Waals surface area contributed by atoms with Crippen molar-refractivity contribution in [2.24, 2.45) is 17.8 Å². The molecule has 0 spiro atoms. The summed E-state index contributed by atoms with van der Waals surface area (Å²) in [5, 5.41) is 3.19. The van der Waals surface area contributed by atoms with Crippen LogP contribution in [0.4, 0.5) is 0 Å². The van der Waals surface area contributed by atoms with E-state index in [2.05, 4.69) is 12.2 Å². The monoisotopic (exact) mass is 404 g/mol. The van der Waals surface area contributed by atoms with Crippen LogP contribution in [-0.2, 0) is 21.2 Å². The summed E-state index contributed by atoms with van der Waals surface area (Å²) in [6.07, 6.45) is 8.55. The second kappa shape index (κ2) is 8.15. The van der Waals surface area contributed by atoms with Gasteiger partial charge < -0.3 is 5.32 Å². The van der Waals surface area contributed by atoms with Gasteiger partial charge in [0, 0.05) is 19.1 Å². The highest BCUT2D eigenvalue weighted by atomic mass is 32.2. The highest BCUT2D eigenvalue weighted by Crippen LogP contribution is 2.49. The molecule has 1 heterocycles. The fourth-order valence-electron chi connectivity index (χ4n) is 5.54. The SMILES string of the molecule is C[C@@H](NC(=O)Cc1ccc(S(=O)(=O)N2CCCCC2)cc1)[C@H]1C[C@H]2CC[C@H]1C2. The van der Waals surface area contributed by atoms with Crippen LogP contribution in [0.1, 0.15) is 57.4 Å². The van der Waals surface area contributed by atoms with E-state index in [4.69, 9.17) is 0 Å². The Morgan fingerprint density at radius 3 is 2.43 bits per heavy atom. The third kappa shape index (κ3) is 4.13. The number of hydrogen-bond acceptors (Lipinski definition) is 3. The summed E-state index contributed by atoms with van der Waals surface area (Å²) >= 11 is 0. The van der Waals surface area contributed by atoms with Crippen LogP contribution in [0, 0.1) is 17.8 Å². The largest absolute Gasteiger partial charge is 0.353 e. The van der Waals surface area contributed by atoms with Gasteiger partial charge in [-0.3, -0.25) is 4.79 Å². The topological polar surface area (TPSA) is 66.5 Å². The van der Waals surface area contributed by atoms with E-state index in [0.717, 1.165) is 36.7 Å². The number of hydrogen-bond donors (Lipinski definition) is 1. The molecule has 1 aliphatic heterocycles. The molecule has 1 saturated heterocycles. The first-order valence-electron chi connectivity index (χ1n) is 10.8. The quantitative estimate of drug-likeness (QED) is 0.791. The lowest BCUT2D eigenvalue weighted by Crippen LogP contribution is -2.40. The van der Waals surface area contributed by atoms with Gasteiger partial charge >= 0.3 is 0 Å². The number of nitrogens with zero attached hydrogens (tertiary/aromatic N) is 1. The van der Waals surface area contributed by atoms with Crippen molar-refractivity contribution >= 4 is 15.9 Å². The average Bonchev–Trinajstić information content (AvgIpc) is 3.32. The zero-order valence-corrected chi connectivity index (χ0v) is 17.6. The molecule has 3 fully saturated rings. The Balaban J connectivity index is 1.33. The first-order valence-corrected chi connectivity index (χ1v) is 12.3. The molecular formula is C22H32N2O3S. The normalized spacial score (nSPS) is 29.0. The molecule has 0 aromatic heterocycles. The zero-order valence-electron chi connectivity index (χ0n) is 16.8. The van der Waals surface area contributed by atoms with E-state index in [1.165, 1.54) is 25.7 Å². The Hall–Kier alpha value is -1.40. The number of fused-ring (bicyclic) bond motifs is 2. The number of nitrogens with one attached hydrogen (secondary N) is 1. The summed E-state index contributed by atoms with van der Waals surface area (Å²) in [5.41, 5.74) is 0.857. The van der Waals surface area contributed by atoms with E-state index in [1.54, 1.807) is 28.6 Å². The molecule has 2 aliphatic carbocycles. The molecule has 28 heavy (non-hydrogen) atoms. The molecule has 4 rings (SSSR count). The highest BCUT2D eigenvalue weighted by Gasteiger charge is 2.42. The van der Waals surface area contributed by atoms with Gasteiger partial charge in [-0.1, -0.05) is 25.0 Å². The molecule has 5 nitrogen and oxygen atoms in total. The number of carbonyl (C=O) groups is 1. The Morgan fingerprint density at radius 1 is 1.11 bits per heavy atom. The minimum atomic E-state index is -3.41. The molecule has 0 unspecified atom stereocenters. The molecule has 1 N–H and O–H groups in total. The molecule has 154 valence electrons. The Bertz CT molecular complexity index is 800. The Kier molecular flexibility index (Phi) is 5.79. The summed E-state index contributed by atoms with van der Waals surface area (Å²) in [4.78, 5) is 12.8. The Labute approximate surface area is 168 Å². The fraction of sp³-hybridized carbons (Fsp3) is 0.682. The van der Waals surface area contributed by atoms with Crippen molar-refractivity contribution in [1.82, 2.24) is 9.62 Å². The van der Waals surface area contributed by atoms with Gasteiger partial charge in [-0.25, -0.2) is 8.42 Å². The zero-order chi connectivity index (χ0) is 19.7. The number of rotatable bonds is 6. The predicted octanol–water partition coefficient (Wildman–Crippen LogP) is 3.34. The van der Waals surface area contributed by atoms with Crippen LogP contribution in [0.3, 0.4) is 0 Å². The second-order valence-electron chi connectivity index (χ2n) is 8.98. The second-order valence-corrected chi connectivity index (χ2v) is 10.9. The Morgan fingerprint density at radius 2 is 1.82 bits per heavy atom. The maximum Gasteiger partial charge on any atom is 0.243 e. The van der Waals surface area contributed by atoms with E-state index in [-0.39, 0.29) is 11.9 Å². The van der Waals surface area contributed by atoms with Gasteiger partial charge in [0.05, 0.1) is 11.3 Å². The van der Waals surface area contributed by atoms with E-state index >= 15 is 0 Å². The van der Waals surface area contributed by atoms with Gasteiger partial charge in [-0.15, -0.1) is 0 Å². The minimum Gasteiger partial charge on any atom is -0.353 e. The maximum absolute atomic E-state index is 12.7. The lowest BCUT2D eigenvalue weighted by molar-refractivity contribution is -0.121. The maximum atomic E-state index is 12.7. The number of carbonyl (C=O) groups excluding carboxylic acids is 1. The molecule has 6 heteroatoms. The summed E-state index contributed by atoms with van der Waals surface area (Å²) in [6.45, 7) is 3.35. The number of amides is 1. The third-order valence-electron chi connectivity index (χ3n) is 7.06. The van der Waals surface area contributed by atoms with Gasteiger partial charge in [0.2, 0.25) is 15.9 Å². The standard InChI is InChI=1S/C22H32N2O3S/c1-16(21-14-18-5-8-19(21)13-18)23-22(25)15-17-6-9-20(10-7-17)28(26,27)24-11-3-2-4-12-24/h6-7,9-10,16,18-19,21H,2-5,8,11-15H2,1H3,(H,23,25)/t16-,18+,19+,21-/m1/s1. The summed E-state index contributed by atoms with van der Waals surface area (Å²) in [5.74, 6) is 2.32. The van der Waals surface area contributed by atoms with Crippen molar-refractivity contribution in [2.45, 2.75) is 69.2 Å². The van der Waals surface area contributed by atoms with Gasteiger partial charge in [-0.05, 0) is 74.5 Å². The fourth-order valence-corrected chi connectivity index (χ4v) is 7.05. The highest BCUT2D eigenvalue weighted by molar-refractivity contribution is 7.89. The van der Waals surface area contributed by atoms with Crippen molar-refractivity contribution in [3.63, 3.8) is 0 Å². The van der Waals surface area contributed by atoms with Crippen LogP contribution >= 0.6 is 0 Å².